The van der Waals surface area contributed by atoms with Crippen LogP contribution in [0.25, 0.3) is 6.08 Å². The van der Waals surface area contributed by atoms with Crippen molar-refractivity contribution in [3.63, 3.8) is 0 Å². The van der Waals surface area contributed by atoms with Gasteiger partial charge in [0.2, 0.25) is 0 Å². The molecule has 1 saturated heterocycles. The molecular formula is C21H26O12. The molecule has 1 fully saturated rings. The summed E-state index contributed by atoms with van der Waals surface area (Å²) in [6.45, 7) is -0.669. The molecule has 0 saturated carbocycles. The number of carbonyl (C=O) groups is 1. The number of esters is 1. The summed E-state index contributed by atoms with van der Waals surface area (Å²) >= 11 is 0. The van der Waals surface area contributed by atoms with Gasteiger partial charge < -0.3 is 55.1 Å². The van der Waals surface area contributed by atoms with E-state index in [4.69, 9.17) is 14.2 Å². The van der Waals surface area contributed by atoms with Gasteiger partial charge in [-0.05, 0) is 23.8 Å². The second kappa shape index (κ2) is 10.6. The van der Waals surface area contributed by atoms with Gasteiger partial charge >= 0.3 is 5.97 Å². The van der Waals surface area contributed by atoms with Crippen molar-refractivity contribution in [3.8, 4) is 11.5 Å². The number of benzene rings is 1. The van der Waals surface area contributed by atoms with E-state index in [9.17, 15) is 45.6 Å². The minimum atomic E-state index is -1.71. The minimum absolute atomic E-state index is 0.333. The Morgan fingerprint density at radius 3 is 2.36 bits per heavy atom. The molecule has 1 aliphatic carbocycles. The van der Waals surface area contributed by atoms with Crippen LogP contribution in [0.2, 0.25) is 0 Å². The highest BCUT2D eigenvalue weighted by molar-refractivity contribution is 5.87. The van der Waals surface area contributed by atoms with Gasteiger partial charge in [0.05, 0.1) is 6.61 Å². The van der Waals surface area contributed by atoms with E-state index in [0.717, 1.165) is 6.08 Å². The summed E-state index contributed by atoms with van der Waals surface area (Å²) < 4.78 is 15.8. The second-order valence-corrected chi connectivity index (χ2v) is 7.65. The van der Waals surface area contributed by atoms with Crippen LogP contribution in [0.5, 0.6) is 11.5 Å². The second-order valence-electron chi connectivity index (χ2n) is 7.65. The molecule has 1 aliphatic heterocycles. The summed E-state index contributed by atoms with van der Waals surface area (Å²) in [4.78, 5) is 12.2. The van der Waals surface area contributed by atoms with Crippen LogP contribution in [0.1, 0.15) is 5.56 Å². The number of aromatic hydroxyl groups is 2. The van der Waals surface area contributed by atoms with Gasteiger partial charge in [-0.25, -0.2) is 4.79 Å². The van der Waals surface area contributed by atoms with Crippen molar-refractivity contribution in [1.29, 1.82) is 0 Å². The molecular weight excluding hydrogens is 444 g/mol. The highest BCUT2D eigenvalue weighted by Crippen LogP contribution is 2.28. The van der Waals surface area contributed by atoms with Gasteiger partial charge in [0, 0.05) is 6.08 Å². The van der Waals surface area contributed by atoms with Gasteiger partial charge in [-0.1, -0.05) is 18.2 Å². The van der Waals surface area contributed by atoms with Crippen molar-refractivity contribution in [2.45, 2.75) is 55.1 Å². The first kappa shape index (κ1) is 25.1. The van der Waals surface area contributed by atoms with Crippen molar-refractivity contribution in [2.24, 2.45) is 0 Å². The average molecular weight is 470 g/mol. The maximum absolute atomic E-state index is 12.2. The zero-order valence-electron chi connectivity index (χ0n) is 17.2. The number of aliphatic hydroxyl groups excluding tert-OH is 6. The SMILES string of the molecule is O=C(/C=C/c1ccc(O)c(O)c1)O[C@H]1[C@@H](O)[C@H](O[C@H]2O[C@@H](CO)[C@H](O)[C@@H](O)[C@@H]2O)C=C[C@@H]1O. The molecule has 0 bridgehead atoms. The largest absolute Gasteiger partial charge is 0.504 e. The van der Waals surface area contributed by atoms with Crippen LogP contribution in [0.3, 0.4) is 0 Å². The van der Waals surface area contributed by atoms with Crippen LogP contribution in [-0.2, 0) is 19.0 Å². The predicted molar refractivity (Wildman–Crippen MR) is 108 cm³/mol. The lowest BCUT2D eigenvalue weighted by Crippen LogP contribution is -2.61. The molecule has 1 aromatic carbocycles. The molecule has 3 rings (SSSR count). The van der Waals surface area contributed by atoms with Crippen LogP contribution in [-0.4, -0.2) is 109 Å². The topological polar surface area (TPSA) is 207 Å². The molecule has 8 N–H and O–H groups in total. The predicted octanol–water partition coefficient (Wildman–Crippen LogP) is -2.50. The molecule has 0 aromatic heterocycles. The molecule has 33 heavy (non-hydrogen) atoms. The maximum Gasteiger partial charge on any atom is 0.331 e. The third-order valence-electron chi connectivity index (χ3n) is 5.31. The quantitative estimate of drug-likeness (QED) is 0.0940. The minimum Gasteiger partial charge on any atom is -0.504 e. The Balaban J connectivity index is 1.64. The fraction of sp³-hybridized carbons (Fsp3) is 0.476. The Morgan fingerprint density at radius 2 is 1.70 bits per heavy atom. The van der Waals surface area contributed by atoms with Crippen molar-refractivity contribution >= 4 is 12.0 Å². The van der Waals surface area contributed by atoms with Gasteiger partial charge in [0.15, 0.2) is 23.9 Å². The number of carbonyl (C=O) groups excluding carboxylic acids is 1. The van der Waals surface area contributed by atoms with Crippen LogP contribution in [0.15, 0.2) is 36.4 Å². The lowest BCUT2D eigenvalue weighted by molar-refractivity contribution is -0.315. The van der Waals surface area contributed by atoms with Crippen LogP contribution in [0, 0.1) is 0 Å². The highest BCUT2D eigenvalue weighted by Gasteiger charge is 2.47. The first-order valence-corrected chi connectivity index (χ1v) is 10.0. The van der Waals surface area contributed by atoms with Crippen LogP contribution in [0.4, 0.5) is 0 Å². The monoisotopic (exact) mass is 470 g/mol. The van der Waals surface area contributed by atoms with Crippen molar-refractivity contribution in [1.82, 2.24) is 0 Å². The number of hydrogen-bond donors (Lipinski definition) is 8. The molecule has 182 valence electrons. The summed E-state index contributed by atoms with van der Waals surface area (Å²) in [6.07, 6.45) is -8.74. The molecule has 12 heteroatoms. The fourth-order valence-corrected chi connectivity index (χ4v) is 3.42. The highest BCUT2D eigenvalue weighted by atomic mass is 16.7. The first-order valence-electron chi connectivity index (χ1n) is 10.0. The summed E-state index contributed by atoms with van der Waals surface area (Å²) in [5.74, 6) is -1.66. The van der Waals surface area contributed by atoms with Crippen LogP contribution < -0.4 is 0 Å². The third kappa shape index (κ3) is 5.69. The lowest BCUT2D eigenvalue weighted by Gasteiger charge is -2.42. The molecule has 0 amide bonds. The fourth-order valence-electron chi connectivity index (χ4n) is 3.42. The zero-order chi connectivity index (χ0) is 24.3. The van der Waals surface area contributed by atoms with Crippen LogP contribution >= 0.6 is 0 Å². The molecule has 9 atom stereocenters. The number of hydrogen-bond acceptors (Lipinski definition) is 12. The molecule has 0 unspecified atom stereocenters. The normalized spacial score (nSPS) is 36.7. The summed E-state index contributed by atoms with van der Waals surface area (Å²) in [5.41, 5.74) is 0.371. The van der Waals surface area contributed by atoms with Gasteiger partial charge in [-0.2, -0.15) is 0 Å². The number of phenolic OH excluding ortho intramolecular Hbond substituents is 2. The Kier molecular flexibility index (Phi) is 8.05. The summed E-state index contributed by atoms with van der Waals surface area (Å²) in [5, 5.41) is 78.5. The van der Waals surface area contributed by atoms with Gasteiger partial charge in [0.1, 0.15) is 42.7 Å². The Morgan fingerprint density at radius 1 is 0.970 bits per heavy atom. The van der Waals surface area contributed by atoms with E-state index >= 15 is 0 Å². The summed E-state index contributed by atoms with van der Waals surface area (Å²) in [6, 6.07) is 3.85. The van der Waals surface area contributed by atoms with E-state index in [0.29, 0.717) is 5.56 Å². The first-order chi connectivity index (χ1) is 15.6. The standard InChI is InChI=1S/C21H26O12/c22-8-14-16(27)18(29)19(30)21(32-14)31-13-5-4-11(24)20(17(13)28)33-15(26)6-2-9-1-3-10(23)12(25)7-9/h1-7,11,13-14,16-25,27-30H,8H2/b6-2+/t11-,13+,14-,16-,17-,18+,19-,20+,21-/m0/s1. The Hall–Kier alpha value is -2.55. The lowest BCUT2D eigenvalue weighted by atomic mass is 9.95. The van der Waals surface area contributed by atoms with E-state index in [-0.39, 0.29) is 11.5 Å². The van der Waals surface area contributed by atoms with Gasteiger partial charge in [-0.3, -0.25) is 0 Å². The number of ether oxygens (including phenoxy) is 3. The third-order valence-corrected chi connectivity index (χ3v) is 5.31. The van der Waals surface area contributed by atoms with Crippen molar-refractivity contribution < 1.29 is 59.9 Å². The molecule has 12 nitrogen and oxygen atoms in total. The number of aliphatic hydroxyl groups is 6. The molecule has 1 heterocycles. The van der Waals surface area contributed by atoms with E-state index in [1.807, 2.05) is 0 Å². The maximum atomic E-state index is 12.2. The Bertz CT molecular complexity index is 884. The summed E-state index contributed by atoms with van der Waals surface area (Å²) in [7, 11) is 0. The molecule has 0 spiro atoms. The Labute approximate surface area is 187 Å². The number of rotatable bonds is 6. The zero-order valence-corrected chi connectivity index (χ0v) is 17.2. The smallest absolute Gasteiger partial charge is 0.331 e. The van der Waals surface area contributed by atoms with Crippen molar-refractivity contribution in [2.75, 3.05) is 6.61 Å². The molecule has 0 radical (unpaired) electrons. The van der Waals surface area contributed by atoms with Gasteiger partial charge in [-0.15, -0.1) is 0 Å². The van der Waals surface area contributed by atoms with Crippen molar-refractivity contribution in [3.05, 3.63) is 42.0 Å². The van der Waals surface area contributed by atoms with Gasteiger partial charge in [0.25, 0.3) is 0 Å². The molecule has 2 aliphatic rings. The van der Waals surface area contributed by atoms with E-state index in [2.05, 4.69) is 0 Å². The molecule has 1 aromatic rings. The average Bonchev–Trinajstić information content (AvgIpc) is 2.79. The van der Waals surface area contributed by atoms with E-state index in [1.165, 1.54) is 36.4 Å². The van der Waals surface area contributed by atoms with E-state index < -0.39 is 67.7 Å². The number of phenols is 2. The van der Waals surface area contributed by atoms with E-state index in [1.54, 1.807) is 0 Å².